The van der Waals surface area contributed by atoms with Crippen LogP contribution in [0.1, 0.15) is 23.7 Å². The highest BCUT2D eigenvalue weighted by Crippen LogP contribution is 2.29. The molecule has 2 aromatic rings. The number of hydrogen-bond acceptors (Lipinski definition) is 2. The Morgan fingerprint density at radius 3 is 2.55 bits per heavy atom. The molecule has 3 heteroatoms. The van der Waals surface area contributed by atoms with Crippen LogP contribution in [0.25, 0.3) is 0 Å². The molecule has 0 spiro atoms. The summed E-state index contributed by atoms with van der Waals surface area (Å²) in [6, 6.07) is 17.0. The van der Waals surface area contributed by atoms with Crippen molar-refractivity contribution in [3.8, 4) is 0 Å². The largest absolute Gasteiger partial charge is 0.378 e. The molecule has 1 N–H and O–H groups in total. The van der Waals surface area contributed by atoms with Crippen LogP contribution in [0, 0.1) is 0 Å². The normalized spacial score (nSPS) is 15.6. The predicted octanol–water partition coefficient (Wildman–Crippen LogP) is 2.70. The van der Waals surface area contributed by atoms with Crippen LogP contribution in [0.3, 0.4) is 0 Å². The summed E-state index contributed by atoms with van der Waals surface area (Å²) in [4.78, 5) is 14.2. The molecule has 0 bridgehead atoms. The van der Waals surface area contributed by atoms with Crippen molar-refractivity contribution in [2.75, 3.05) is 11.4 Å². The smallest absolute Gasteiger partial charge is 0.260 e. The molecule has 0 saturated carbocycles. The maximum atomic E-state index is 12.5. The first-order valence-electron chi connectivity index (χ1n) is 6.89. The number of aliphatic hydroxyl groups is 1. The van der Waals surface area contributed by atoms with Crippen LogP contribution in [0.2, 0.25) is 0 Å². The second-order valence-electron chi connectivity index (χ2n) is 5.04. The number of anilines is 1. The van der Waals surface area contributed by atoms with Gasteiger partial charge in [-0.15, -0.1) is 0 Å². The molecule has 3 rings (SSSR count). The molecule has 1 atom stereocenters. The van der Waals surface area contributed by atoms with Gasteiger partial charge in [0.2, 0.25) is 0 Å². The highest BCUT2D eigenvalue weighted by atomic mass is 16.3. The molecule has 3 nitrogen and oxygen atoms in total. The van der Waals surface area contributed by atoms with E-state index in [0.29, 0.717) is 12.1 Å². The van der Waals surface area contributed by atoms with Gasteiger partial charge >= 0.3 is 0 Å². The Balaban J connectivity index is 1.89. The molecule has 0 fully saturated rings. The zero-order valence-electron chi connectivity index (χ0n) is 11.2. The summed E-state index contributed by atoms with van der Waals surface area (Å²) in [7, 11) is 0. The number of rotatable bonds is 2. The van der Waals surface area contributed by atoms with Crippen LogP contribution in [0.4, 0.5) is 5.69 Å². The fourth-order valence-corrected chi connectivity index (χ4v) is 2.69. The van der Waals surface area contributed by atoms with Gasteiger partial charge in [0.15, 0.2) is 6.10 Å². The maximum Gasteiger partial charge on any atom is 0.260 e. The van der Waals surface area contributed by atoms with Crippen LogP contribution in [-0.2, 0) is 11.2 Å². The number of aliphatic hydroxyl groups excluding tert-OH is 1. The highest BCUT2D eigenvalue weighted by molar-refractivity contribution is 5.98. The summed E-state index contributed by atoms with van der Waals surface area (Å²) in [5.41, 5.74) is 2.74. The second kappa shape index (κ2) is 5.47. The zero-order valence-corrected chi connectivity index (χ0v) is 11.2. The van der Waals surface area contributed by atoms with Crippen molar-refractivity contribution in [1.29, 1.82) is 0 Å². The van der Waals surface area contributed by atoms with E-state index in [-0.39, 0.29) is 5.91 Å². The second-order valence-corrected chi connectivity index (χ2v) is 5.04. The Labute approximate surface area is 118 Å². The number of nitrogens with zero attached hydrogens (tertiary/aromatic N) is 1. The number of amides is 1. The number of benzene rings is 2. The average molecular weight is 267 g/mol. The first-order valence-corrected chi connectivity index (χ1v) is 6.89. The summed E-state index contributed by atoms with van der Waals surface area (Å²) in [5.74, 6) is -0.247. The van der Waals surface area contributed by atoms with Crippen LogP contribution < -0.4 is 4.90 Å². The molecule has 1 amide bonds. The molecule has 102 valence electrons. The predicted molar refractivity (Wildman–Crippen MR) is 78.5 cm³/mol. The van der Waals surface area contributed by atoms with E-state index < -0.39 is 6.10 Å². The van der Waals surface area contributed by atoms with E-state index in [2.05, 4.69) is 0 Å². The third-order valence-electron chi connectivity index (χ3n) is 3.73. The SMILES string of the molecule is O=C(C(O)c1ccccc1)N1CCCc2ccccc21. The lowest BCUT2D eigenvalue weighted by Crippen LogP contribution is -2.38. The van der Waals surface area contributed by atoms with Gasteiger partial charge in [0.25, 0.3) is 5.91 Å². The molecule has 1 unspecified atom stereocenters. The molecule has 0 aromatic heterocycles. The Bertz CT molecular complexity index is 609. The topological polar surface area (TPSA) is 40.5 Å². The Kier molecular flexibility index (Phi) is 3.52. The van der Waals surface area contributed by atoms with E-state index in [1.54, 1.807) is 17.0 Å². The fraction of sp³-hybridized carbons (Fsp3) is 0.235. The Hall–Kier alpha value is -2.13. The fourth-order valence-electron chi connectivity index (χ4n) is 2.69. The zero-order chi connectivity index (χ0) is 13.9. The number of para-hydroxylation sites is 1. The Morgan fingerprint density at radius 1 is 1.05 bits per heavy atom. The minimum absolute atomic E-state index is 0.247. The van der Waals surface area contributed by atoms with E-state index in [9.17, 15) is 9.90 Å². The van der Waals surface area contributed by atoms with Crippen LogP contribution in [0.5, 0.6) is 0 Å². The van der Waals surface area contributed by atoms with Gasteiger partial charge in [0, 0.05) is 12.2 Å². The minimum atomic E-state index is -1.10. The van der Waals surface area contributed by atoms with Crippen molar-refractivity contribution in [3.05, 3.63) is 65.7 Å². The number of carbonyl (C=O) groups is 1. The van der Waals surface area contributed by atoms with Crippen molar-refractivity contribution >= 4 is 11.6 Å². The third-order valence-corrected chi connectivity index (χ3v) is 3.73. The van der Waals surface area contributed by atoms with Crippen molar-refractivity contribution in [1.82, 2.24) is 0 Å². The minimum Gasteiger partial charge on any atom is -0.378 e. The van der Waals surface area contributed by atoms with Gasteiger partial charge in [-0.1, -0.05) is 48.5 Å². The summed E-state index contributed by atoms with van der Waals surface area (Å²) in [6.45, 7) is 0.666. The summed E-state index contributed by atoms with van der Waals surface area (Å²) in [5, 5.41) is 10.3. The molecule has 0 saturated heterocycles. The van der Waals surface area contributed by atoms with Gasteiger partial charge in [-0.05, 0) is 30.0 Å². The molecule has 0 radical (unpaired) electrons. The number of carbonyl (C=O) groups excluding carboxylic acids is 1. The van der Waals surface area contributed by atoms with E-state index >= 15 is 0 Å². The first kappa shape index (κ1) is 12.9. The van der Waals surface area contributed by atoms with Gasteiger partial charge in [-0.25, -0.2) is 0 Å². The number of fused-ring (bicyclic) bond motifs is 1. The average Bonchev–Trinajstić information content (AvgIpc) is 2.54. The van der Waals surface area contributed by atoms with Crippen LogP contribution in [-0.4, -0.2) is 17.6 Å². The molecular formula is C17H17NO2. The lowest BCUT2D eigenvalue weighted by Gasteiger charge is -2.31. The molecule has 20 heavy (non-hydrogen) atoms. The summed E-state index contributed by atoms with van der Waals surface area (Å²) in [6.07, 6.45) is 0.827. The summed E-state index contributed by atoms with van der Waals surface area (Å²) >= 11 is 0. The molecule has 1 heterocycles. The molecular weight excluding hydrogens is 250 g/mol. The van der Waals surface area contributed by atoms with Crippen LogP contribution >= 0.6 is 0 Å². The quantitative estimate of drug-likeness (QED) is 0.908. The van der Waals surface area contributed by atoms with Gasteiger partial charge in [0.05, 0.1) is 0 Å². The first-order chi connectivity index (χ1) is 9.77. The van der Waals surface area contributed by atoms with Crippen molar-refractivity contribution in [2.24, 2.45) is 0 Å². The lowest BCUT2D eigenvalue weighted by molar-refractivity contribution is -0.127. The van der Waals surface area contributed by atoms with E-state index in [1.165, 1.54) is 5.56 Å². The lowest BCUT2D eigenvalue weighted by atomic mass is 10.00. The van der Waals surface area contributed by atoms with Gasteiger partial charge in [-0.3, -0.25) is 4.79 Å². The highest BCUT2D eigenvalue weighted by Gasteiger charge is 2.27. The molecule has 1 aliphatic rings. The standard InChI is InChI=1S/C17H17NO2/c19-16(14-8-2-1-3-9-14)17(20)18-12-6-10-13-7-4-5-11-15(13)18/h1-5,7-9,11,16,19H,6,10,12H2. The molecule has 2 aromatic carbocycles. The third kappa shape index (κ3) is 2.32. The van der Waals surface area contributed by atoms with E-state index in [0.717, 1.165) is 18.5 Å². The molecule has 1 aliphatic heterocycles. The number of aryl methyl sites for hydroxylation is 1. The van der Waals surface area contributed by atoms with Crippen molar-refractivity contribution in [3.63, 3.8) is 0 Å². The van der Waals surface area contributed by atoms with Crippen molar-refractivity contribution in [2.45, 2.75) is 18.9 Å². The van der Waals surface area contributed by atoms with Gasteiger partial charge < -0.3 is 10.0 Å². The van der Waals surface area contributed by atoms with Gasteiger partial charge in [0.1, 0.15) is 0 Å². The number of hydrogen-bond donors (Lipinski definition) is 1. The monoisotopic (exact) mass is 267 g/mol. The van der Waals surface area contributed by atoms with E-state index in [4.69, 9.17) is 0 Å². The Morgan fingerprint density at radius 2 is 1.75 bits per heavy atom. The summed E-state index contributed by atoms with van der Waals surface area (Å²) < 4.78 is 0. The van der Waals surface area contributed by atoms with Crippen LogP contribution in [0.15, 0.2) is 54.6 Å². The van der Waals surface area contributed by atoms with Crippen molar-refractivity contribution < 1.29 is 9.90 Å². The van der Waals surface area contributed by atoms with E-state index in [1.807, 2.05) is 42.5 Å². The maximum absolute atomic E-state index is 12.5. The van der Waals surface area contributed by atoms with Gasteiger partial charge in [-0.2, -0.15) is 0 Å². The molecule has 0 aliphatic carbocycles.